The monoisotopic (exact) mass is 501 g/mol. The van der Waals surface area contributed by atoms with Gasteiger partial charge in [-0.05, 0) is 75.0 Å². The third-order valence-electron chi connectivity index (χ3n) is 6.96. The third-order valence-corrected chi connectivity index (χ3v) is 6.96. The molecule has 1 aliphatic rings. The van der Waals surface area contributed by atoms with E-state index in [0.29, 0.717) is 47.6 Å². The molecule has 8 nitrogen and oxygen atoms in total. The fourth-order valence-corrected chi connectivity index (χ4v) is 4.68. The number of anilines is 1. The second kappa shape index (κ2) is 12.0. The van der Waals surface area contributed by atoms with Gasteiger partial charge in [0, 0.05) is 54.2 Å². The lowest BCUT2D eigenvalue weighted by Gasteiger charge is -2.41. The molecule has 3 aromatic rings. The van der Waals surface area contributed by atoms with Crippen LogP contribution in [-0.4, -0.2) is 60.5 Å². The topological polar surface area (TPSA) is 114 Å². The van der Waals surface area contributed by atoms with Crippen LogP contribution in [0.15, 0.2) is 66.9 Å². The molecule has 1 fully saturated rings. The number of nitrogens with one attached hydrogen (secondary N) is 2. The highest BCUT2D eigenvalue weighted by Crippen LogP contribution is 2.27. The lowest BCUT2D eigenvalue weighted by atomic mass is 9.94. The first kappa shape index (κ1) is 26.3. The number of hydrogen-bond donors (Lipinski definition) is 3. The average molecular weight is 502 g/mol. The van der Waals surface area contributed by atoms with Crippen molar-refractivity contribution in [1.29, 1.82) is 5.41 Å². The quantitative estimate of drug-likeness (QED) is 0.303. The zero-order valence-corrected chi connectivity index (χ0v) is 21.6. The van der Waals surface area contributed by atoms with Crippen molar-refractivity contribution >= 4 is 17.3 Å². The highest BCUT2D eigenvalue weighted by atomic mass is 16.5. The first-order chi connectivity index (χ1) is 17.9. The number of nitrogens with two attached hydrogens (primary N) is 1. The number of ether oxygens (including phenoxy) is 2. The fraction of sp³-hybridized carbons (Fsp3) is 0.345. The Morgan fingerprint density at radius 2 is 1.89 bits per heavy atom. The second-order valence-electron chi connectivity index (χ2n) is 9.54. The summed E-state index contributed by atoms with van der Waals surface area (Å²) in [7, 11) is 3.86. The van der Waals surface area contributed by atoms with Gasteiger partial charge in [0.25, 0.3) is 5.91 Å². The fourth-order valence-electron chi connectivity index (χ4n) is 4.68. The summed E-state index contributed by atoms with van der Waals surface area (Å²) in [6, 6.07) is 18.8. The first-order valence-electron chi connectivity index (χ1n) is 12.5. The maximum Gasteiger partial charge on any atom is 0.251 e. The molecule has 3 unspecified atom stereocenters. The second-order valence-corrected chi connectivity index (χ2v) is 9.54. The van der Waals surface area contributed by atoms with Crippen molar-refractivity contribution in [3.8, 4) is 5.75 Å². The molecule has 0 saturated carbocycles. The Labute approximate surface area is 218 Å². The molecule has 1 aliphatic heterocycles. The van der Waals surface area contributed by atoms with E-state index in [2.05, 4.69) is 29.2 Å². The van der Waals surface area contributed by atoms with Crippen molar-refractivity contribution in [2.24, 2.45) is 0 Å². The summed E-state index contributed by atoms with van der Waals surface area (Å²) >= 11 is 0. The van der Waals surface area contributed by atoms with Crippen molar-refractivity contribution in [2.75, 3.05) is 26.5 Å². The maximum atomic E-state index is 12.7. The molecule has 3 atom stereocenters. The SMILES string of the molecule is COCC1CC(Oc2ccc(C(=N)c3cc(C(=O)NCc4ccccn4)ccc3N)cc2)CC(C)N1C. The standard InChI is InChI=1S/C29H35N5O3/c1-19-14-25(16-23(18-36-3)34(19)2)37-24-10-7-20(8-11-24)28(31)26-15-21(9-12-27(26)30)29(35)33-17-22-6-4-5-13-32-22/h4-13,15,19,23,25,31H,14,16-18,30H2,1-3H3,(H,33,35). The summed E-state index contributed by atoms with van der Waals surface area (Å²) < 4.78 is 11.7. The van der Waals surface area contributed by atoms with Crippen LogP contribution >= 0.6 is 0 Å². The molecule has 0 radical (unpaired) electrons. The van der Waals surface area contributed by atoms with Gasteiger partial charge in [-0.25, -0.2) is 0 Å². The number of likely N-dealkylation sites (tertiary alicyclic amines) is 1. The average Bonchev–Trinajstić information content (AvgIpc) is 2.91. The van der Waals surface area contributed by atoms with Gasteiger partial charge in [-0.15, -0.1) is 0 Å². The number of benzene rings is 2. The van der Waals surface area contributed by atoms with E-state index in [1.807, 2.05) is 42.5 Å². The van der Waals surface area contributed by atoms with Gasteiger partial charge < -0.3 is 20.5 Å². The minimum atomic E-state index is -0.248. The van der Waals surface area contributed by atoms with E-state index < -0.39 is 0 Å². The van der Waals surface area contributed by atoms with Gasteiger partial charge in [-0.2, -0.15) is 0 Å². The van der Waals surface area contributed by atoms with Gasteiger partial charge >= 0.3 is 0 Å². The number of nitrogen functional groups attached to an aromatic ring is 1. The molecule has 0 aliphatic carbocycles. The molecule has 194 valence electrons. The molecule has 2 heterocycles. The molecule has 4 rings (SSSR count). The Morgan fingerprint density at radius 1 is 1.14 bits per heavy atom. The molecule has 1 aromatic heterocycles. The van der Waals surface area contributed by atoms with Crippen LogP contribution in [0.5, 0.6) is 5.75 Å². The van der Waals surface area contributed by atoms with Crippen LogP contribution in [-0.2, 0) is 11.3 Å². The number of hydrogen-bond acceptors (Lipinski definition) is 7. The number of rotatable bonds is 9. The Hall–Kier alpha value is -3.75. The van der Waals surface area contributed by atoms with Crippen molar-refractivity contribution in [3.63, 3.8) is 0 Å². The van der Waals surface area contributed by atoms with Gasteiger partial charge in [0.05, 0.1) is 24.6 Å². The van der Waals surface area contributed by atoms with E-state index in [4.69, 9.17) is 20.6 Å². The van der Waals surface area contributed by atoms with Crippen molar-refractivity contribution in [2.45, 2.75) is 44.5 Å². The number of likely N-dealkylation sites (N-methyl/N-ethyl adjacent to an activating group) is 1. The lowest BCUT2D eigenvalue weighted by molar-refractivity contribution is 0.00131. The number of carbonyl (C=O) groups excluding carboxylic acids is 1. The number of carbonyl (C=O) groups is 1. The van der Waals surface area contributed by atoms with Crippen LogP contribution in [0.3, 0.4) is 0 Å². The molecular formula is C29H35N5O3. The number of pyridine rings is 1. The summed E-state index contributed by atoms with van der Waals surface area (Å²) in [5.41, 5.74) is 9.28. The van der Waals surface area contributed by atoms with E-state index in [1.54, 1.807) is 31.5 Å². The number of nitrogens with zero attached hydrogens (tertiary/aromatic N) is 2. The molecule has 8 heteroatoms. The van der Waals surface area contributed by atoms with E-state index in [1.165, 1.54) is 0 Å². The minimum absolute atomic E-state index is 0.105. The van der Waals surface area contributed by atoms with Gasteiger partial charge in [0.15, 0.2) is 0 Å². The van der Waals surface area contributed by atoms with Crippen LogP contribution in [0.4, 0.5) is 5.69 Å². The Bertz CT molecular complexity index is 1220. The van der Waals surface area contributed by atoms with E-state index in [9.17, 15) is 4.79 Å². The molecule has 0 bridgehead atoms. The van der Waals surface area contributed by atoms with Crippen molar-refractivity contribution < 1.29 is 14.3 Å². The predicted molar refractivity (Wildman–Crippen MR) is 145 cm³/mol. The highest BCUT2D eigenvalue weighted by molar-refractivity contribution is 6.14. The van der Waals surface area contributed by atoms with Crippen molar-refractivity contribution in [3.05, 3.63) is 89.2 Å². The van der Waals surface area contributed by atoms with Crippen LogP contribution in [0.1, 0.15) is 46.9 Å². The predicted octanol–water partition coefficient (Wildman–Crippen LogP) is 3.89. The molecule has 1 saturated heterocycles. The van der Waals surface area contributed by atoms with Gasteiger partial charge in [-0.1, -0.05) is 6.07 Å². The molecule has 4 N–H and O–H groups in total. The Morgan fingerprint density at radius 3 is 2.59 bits per heavy atom. The third kappa shape index (κ3) is 6.53. The zero-order valence-electron chi connectivity index (χ0n) is 21.6. The van der Waals surface area contributed by atoms with E-state index in [0.717, 1.165) is 24.3 Å². The summed E-state index contributed by atoms with van der Waals surface area (Å²) in [4.78, 5) is 19.3. The smallest absolute Gasteiger partial charge is 0.251 e. The van der Waals surface area contributed by atoms with Crippen LogP contribution in [0.2, 0.25) is 0 Å². The largest absolute Gasteiger partial charge is 0.490 e. The number of amides is 1. The number of piperidine rings is 1. The summed E-state index contributed by atoms with van der Waals surface area (Å²) in [5.74, 6) is 0.521. The van der Waals surface area contributed by atoms with E-state index >= 15 is 0 Å². The molecule has 2 aromatic carbocycles. The van der Waals surface area contributed by atoms with E-state index in [-0.39, 0.29) is 17.7 Å². The number of aromatic nitrogens is 1. The highest BCUT2D eigenvalue weighted by Gasteiger charge is 2.32. The Kier molecular flexibility index (Phi) is 8.53. The Balaban J connectivity index is 1.41. The van der Waals surface area contributed by atoms with Gasteiger partial charge in [0.2, 0.25) is 0 Å². The van der Waals surface area contributed by atoms with Crippen molar-refractivity contribution in [1.82, 2.24) is 15.2 Å². The molecular weight excluding hydrogens is 466 g/mol. The normalized spacial score (nSPS) is 19.8. The first-order valence-corrected chi connectivity index (χ1v) is 12.5. The van der Waals surface area contributed by atoms with Gasteiger partial charge in [-0.3, -0.25) is 20.1 Å². The minimum Gasteiger partial charge on any atom is -0.490 e. The van der Waals surface area contributed by atoms with Gasteiger partial charge in [0.1, 0.15) is 11.9 Å². The summed E-state index contributed by atoms with van der Waals surface area (Å²) in [6.07, 6.45) is 3.64. The molecule has 37 heavy (non-hydrogen) atoms. The lowest BCUT2D eigenvalue weighted by Crippen LogP contribution is -2.50. The van der Waals surface area contributed by atoms with Crippen LogP contribution in [0, 0.1) is 5.41 Å². The number of methoxy groups -OCH3 is 1. The summed E-state index contributed by atoms with van der Waals surface area (Å²) in [6.45, 7) is 3.21. The molecule has 0 spiro atoms. The van der Waals surface area contributed by atoms with Crippen LogP contribution < -0.4 is 15.8 Å². The maximum absolute atomic E-state index is 12.7. The zero-order chi connectivity index (χ0) is 26.4. The summed E-state index contributed by atoms with van der Waals surface area (Å²) in [5, 5.41) is 11.6. The molecule has 1 amide bonds. The van der Waals surface area contributed by atoms with Crippen LogP contribution in [0.25, 0.3) is 0 Å².